The molecule has 1 aromatic heterocycles. The summed E-state index contributed by atoms with van der Waals surface area (Å²) in [5, 5.41) is 15.9. The first-order valence-electron chi connectivity index (χ1n) is 6.25. The van der Waals surface area contributed by atoms with E-state index in [1.54, 1.807) is 17.4 Å². The molecule has 2 aromatic rings. The van der Waals surface area contributed by atoms with Crippen molar-refractivity contribution >= 4 is 17.0 Å². The van der Waals surface area contributed by atoms with Crippen LogP contribution in [0.15, 0.2) is 35.7 Å². The predicted octanol–water partition coefficient (Wildman–Crippen LogP) is 3.52. The van der Waals surface area contributed by atoms with Crippen LogP contribution in [-0.2, 0) is 13.0 Å². The summed E-state index contributed by atoms with van der Waals surface area (Å²) in [7, 11) is 0. The number of hydrogen-bond donors (Lipinski definition) is 1. The molecule has 4 nitrogen and oxygen atoms in total. The van der Waals surface area contributed by atoms with Crippen LogP contribution in [0.4, 0.5) is 10.1 Å². The lowest BCUT2D eigenvalue weighted by atomic mass is 10.1. The van der Waals surface area contributed by atoms with Gasteiger partial charge < -0.3 is 5.32 Å². The fourth-order valence-electron chi connectivity index (χ4n) is 1.93. The Kier molecular flexibility index (Phi) is 4.81. The number of benzene rings is 1. The molecule has 0 spiro atoms. The Morgan fingerprint density at radius 3 is 2.85 bits per heavy atom. The molecule has 0 aliphatic rings. The molecule has 0 aliphatic carbocycles. The third-order valence-corrected chi connectivity index (χ3v) is 3.88. The quantitative estimate of drug-likeness (QED) is 0.655. The Hall–Kier alpha value is -1.79. The van der Waals surface area contributed by atoms with Crippen LogP contribution in [0.3, 0.4) is 0 Å². The van der Waals surface area contributed by atoms with Crippen molar-refractivity contribution in [3.63, 3.8) is 0 Å². The molecule has 0 radical (unpaired) electrons. The van der Waals surface area contributed by atoms with Gasteiger partial charge in [-0.2, -0.15) is 4.39 Å². The molecule has 0 bridgehead atoms. The molecule has 6 heteroatoms. The van der Waals surface area contributed by atoms with E-state index in [1.807, 2.05) is 18.4 Å². The van der Waals surface area contributed by atoms with Gasteiger partial charge in [-0.3, -0.25) is 10.1 Å². The second-order valence-corrected chi connectivity index (χ2v) is 5.61. The van der Waals surface area contributed by atoms with Gasteiger partial charge in [0, 0.05) is 29.1 Å². The number of nitro benzene ring substituents is 1. The van der Waals surface area contributed by atoms with Gasteiger partial charge in [-0.25, -0.2) is 0 Å². The Morgan fingerprint density at radius 1 is 1.40 bits per heavy atom. The number of halogens is 1. The van der Waals surface area contributed by atoms with E-state index in [9.17, 15) is 14.5 Å². The second kappa shape index (κ2) is 6.58. The maximum Gasteiger partial charge on any atom is 0.305 e. The maximum atomic E-state index is 13.9. The summed E-state index contributed by atoms with van der Waals surface area (Å²) in [6, 6.07) is 8.46. The average Bonchev–Trinajstić information content (AvgIpc) is 2.90. The molecule has 1 unspecified atom stereocenters. The van der Waals surface area contributed by atoms with Crippen molar-refractivity contribution in [1.29, 1.82) is 0 Å². The number of thiophene rings is 1. The largest absolute Gasteiger partial charge is 0.310 e. The van der Waals surface area contributed by atoms with E-state index in [2.05, 4.69) is 11.4 Å². The van der Waals surface area contributed by atoms with Gasteiger partial charge in [0.1, 0.15) is 0 Å². The summed E-state index contributed by atoms with van der Waals surface area (Å²) in [6.45, 7) is 2.29. The molecular formula is C14H15FN2O2S. The van der Waals surface area contributed by atoms with Crippen molar-refractivity contribution in [1.82, 2.24) is 5.32 Å². The van der Waals surface area contributed by atoms with Gasteiger partial charge in [-0.1, -0.05) is 18.2 Å². The first-order chi connectivity index (χ1) is 9.58. The van der Waals surface area contributed by atoms with Crippen LogP contribution in [0.5, 0.6) is 0 Å². The lowest BCUT2D eigenvalue weighted by molar-refractivity contribution is -0.387. The number of nitrogens with zero attached hydrogens (tertiary/aromatic N) is 1. The highest BCUT2D eigenvalue weighted by molar-refractivity contribution is 7.09. The van der Waals surface area contributed by atoms with Crippen molar-refractivity contribution in [3.8, 4) is 0 Å². The number of hydrogen-bond acceptors (Lipinski definition) is 4. The van der Waals surface area contributed by atoms with Crippen LogP contribution in [0.1, 0.15) is 17.4 Å². The van der Waals surface area contributed by atoms with Crippen LogP contribution in [0.2, 0.25) is 0 Å². The van der Waals surface area contributed by atoms with Gasteiger partial charge >= 0.3 is 5.69 Å². The molecule has 0 saturated heterocycles. The second-order valence-electron chi connectivity index (χ2n) is 4.57. The van der Waals surface area contributed by atoms with Gasteiger partial charge in [-0.15, -0.1) is 11.3 Å². The van der Waals surface area contributed by atoms with E-state index in [0.717, 1.165) is 6.42 Å². The summed E-state index contributed by atoms with van der Waals surface area (Å²) in [6.07, 6.45) is 0.855. The van der Waals surface area contributed by atoms with Crippen LogP contribution in [0, 0.1) is 15.9 Å². The topological polar surface area (TPSA) is 55.2 Å². The van der Waals surface area contributed by atoms with E-state index in [4.69, 9.17) is 0 Å². The predicted molar refractivity (Wildman–Crippen MR) is 77.4 cm³/mol. The molecule has 1 atom stereocenters. The molecule has 1 N–H and O–H groups in total. The van der Waals surface area contributed by atoms with Crippen LogP contribution < -0.4 is 5.32 Å². The third kappa shape index (κ3) is 3.61. The molecule has 0 amide bonds. The van der Waals surface area contributed by atoms with Crippen LogP contribution in [-0.4, -0.2) is 11.0 Å². The van der Waals surface area contributed by atoms with Gasteiger partial charge in [0.05, 0.1) is 4.92 Å². The van der Waals surface area contributed by atoms with E-state index in [0.29, 0.717) is 5.56 Å². The smallest absolute Gasteiger partial charge is 0.305 e. The molecule has 0 fully saturated rings. The molecule has 0 aliphatic heterocycles. The fourth-order valence-corrected chi connectivity index (χ4v) is 2.77. The van der Waals surface area contributed by atoms with E-state index in [1.165, 1.54) is 17.0 Å². The molecular weight excluding hydrogens is 279 g/mol. The standard InChI is InChI=1S/C14H15FN2O2S/c1-10(8-12-5-3-7-20-12)16-9-11-4-2-6-13(14(11)15)17(18)19/h2-7,10,16H,8-9H2,1H3. The first-order valence-corrected chi connectivity index (χ1v) is 7.13. The lowest BCUT2D eigenvalue weighted by Crippen LogP contribution is -2.27. The zero-order valence-electron chi connectivity index (χ0n) is 11.0. The van der Waals surface area contributed by atoms with Crippen molar-refractivity contribution in [2.24, 2.45) is 0 Å². The van der Waals surface area contributed by atoms with Gasteiger partial charge in [0.15, 0.2) is 0 Å². The summed E-state index contributed by atoms with van der Waals surface area (Å²) < 4.78 is 13.9. The van der Waals surface area contributed by atoms with Crippen molar-refractivity contribution in [3.05, 3.63) is 62.1 Å². The van der Waals surface area contributed by atoms with Crippen LogP contribution in [0.25, 0.3) is 0 Å². The SMILES string of the molecule is CC(Cc1cccs1)NCc1cccc([N+](=O)[O-])c1F. The molecule has 1 heterocycles. The molecule has 0 saturated carbocycles. The Morgan fingerprint density at radius 2 is 2.20 bits per heavy atom. The molecule has 106 valence electrons. The average molecular weight is 294 g/mol. The molecule has 2 rings (SSSR count). The zero-order valence-corrected chi connectivity index (χ0v) is 11.8. The third-order valence-electron chi connectivity index (χ3n) is 2.98. The minimum absolute atomic E-state index is 0.173. The minimum atomic E-state index is -0.756. The summed E-state index contributed by atoms with van der Waals surface area (Å²) >= 11 is 1.68. The maximum absolute atomic E-state index is 13.9. The fraction of sp³-hybridized carbons (Fsp3) is 0.286. The number of nitrogens with one attached hydrogen (secondary N) is 1. The van der Waals surface area contributed by atoms with Crippen LogP contribution >= 0.6 is 11.3 Å². The monoisotopic (exact) mass is 294 g/mol. The van der Waals surface area contributed by atoms with Gasteiger partial charge in [-0.05, 0) is 24.8 Å². The van der Waals surface area contributed by atoms with E-state index >= 15 is 0 Å². The normalized spacial score (nSPS) is 12.3. The minimum Gasteiger partial charge on any atom is -0.310 e. The first kappa shape index (κ1) is 14.6. The highest BCUT2D eigenvalue weighted by atomic mass is 32.1. The lowest BCUT2D eigenvalue weighted by Gasteiger charge is -2.13. The summed E-state index contributed by atoms with van der Waals surface area (Å²) in [5.41, 5.74) is -0.160. The van der Waals surface area contributed by atoms with Gasteiger partial charge in [0.2, 0.25) is 5.82 Å². The van der Waals surface area contributed by atoms with Crippen molar-refractivity contribution in [2.75, 3.05) is 0 Å². The van der Waals surface area contributed by atoms with E-state index < -0.39 is 16.4 Å². The Balaban J connectivity index is 1.97. The Bertz CT molecular complexity index is 587. The van der Waals surface area contributed by atoms with Gasteiger partial charge in [0.25, 0.3) is 0 Å². The highest BCUT2D eigenvalue weighted by Gasteiger charge is 2.17. The zero-order chi connectivity index (χ0) is 14.5. The molecule has 1 aromatic carbocycles. The number of rotatable bonds is 6. The van der Waals surface area contributed by atoms with Crippen molar-refractivity contribution in [2.45, 2.75) is 25.9 Å². The Labute approximate surface area is 120 Å². The highest BCUT2D eigenvalue weighted by Crippen LogP contribution is 2.20. The molecule has 20 heavy (non-hydrogen) atoms. The summed E-state index contributed by atoms with van der Waals surface area (Å²) in [5.74, 6) is -0.756. The summed E-state index contributed by atoms with van der Waals surface area (Å²) in [4.78, 5) is 11.2. The van der Waals surface area contributed by atoms with Crippen molar-refractivity contribution < 1.29 is 9.31 Å². The number of nitro groups is 1. The van der Waals surface area contributed by atoms with E-state index in [-0.39, 0.29) is 12.6 Å².